The van der Waals surface area contributed by atoms with Gasteiger partial charge in [-0.1, -0.05) is 0 Å². The average molecular weight is 333 g/mol. The third-order valence-corrected chi connectivity index (χ3v) is 4.41. The highest BCUT2D eigenvalue weighted by Crippen LogP contribution is 2.24. The Kier molecular flexibility index (Phi) is 4.75. The van der Waals surface area contributed by atoms with Gasteiger partial charge in [0.05, 0.1) is 24.0 Å². The van der Waals surface area contributed by atoms with Gasteiger partial charge in [-0.2, -0.15) is 0 Å². The summed E-state index contributed by atoms with van der Waals surface area (Å²) in [4.78, 5) is 36.5. The number of fused-ring (bicyclic) bond motifs is 1. The minimum Gasteiger partial charge on any atom is -0.366 e. The fourth-order valence-electron chi connectivity index (χ4n) is 3.14. The number of carbonyl (C=O) groups excluding carboxylic acids is 2. The zero-order valence-electron chi connectivity index (χ0n) is 13.1. The van der Waals surface area contributed by atoms with Crippen molar-refractivity contribution in [2.45, 2.75) is 37.8 Å². The van der Waals surface area contributed by atoms with Crippen LogP contribution in [0.15, 0.2) is 24.3 Å². The highest BCUT2D eigenvalue weighted by atomic mass is 16.6. The Labute approximate surface area is 138 Å². The second-order valence-corrected chi connectivity index (χ2v) is 6.06. The van der Waals surface area contributed by atoms with Gasteiger partial charge in [0.25, 0.3) is 11.6 Å². The highest BCUT2D eigenvalue weighted by Gasteiger charge is 2.38. The number of morpholine rings is 1. The normalized spacial score (nSPS) is 23.5. The number of amides is 2. The Morgan fingerprint density at radius 3 is 2.79 bits per heavy atom. The minimum atomic E-state index is -0.752. The SMILES string of the molecule is O=C(C[C@@H]1OC[C@H]2CCCCN2C1=O)Nc1ccc([N+](=O)[O-])cc1. The van der Waals surface area contributed by atoms with Crippen molar-refractivity contribution in [1.82, 2.24) is 4.90 Å². The second-order valence-electron chi connectivity index (χ2n) is 6.06. The molecule has 0 aliphatic carbocycles. The van der Waals surface area contributed by atoms with Crippen molar-refractivity contribution < 1.29 is 19.2 Å². The molecule has 2 fully saturated rings. The number of nitrogens with one attached hydrogen (secondary N) is 1. The maximum Gasteiger partial charge on any atom is 0.269 e. The third-order valence-electron chi connectivity index (χ3n) is 4.41. The number of nitrogens with zero attached hydrogens (tertiary/aromatic N) is 2. The first-order valence-corrected chi connectivity index (χ1v) is 8.01. The van der Waals surface area contributed by atoms with Crippen LogP contribution in [0, 0.1) is 10.1 Å². The molecule has 0 saturated carbocycles. The van der Waals surface area contributed by atoms with E-state index in [2.05, 4.69) is 5.32 Å². The predicted octanol–water partition coefficient (Wildman–Crippen LogP) is 1.70. The first-order valence-electron chi connectivity index (χ1n) is 8.01. The minimum absolute atomic E-state index is 0.0464. The lowest BCUT2D eigenvalue weighted by Crippen LogP contribution is -2.56. The van der Waals surface area contributed by atoms with Crippen LogP contribution in [-0.2, 0) is 14.3 Å². The van der Waals surface area contributed by atoms with E-state index in [0.29, 0.717) is 12.3 Å². The fraction of sp³-hybridized carbons (Fsp3) is 0.500. The van der Waals surface area contributed by atoms with Crippen molar-refractivity contribution in [2.24, 2.45) is 0 Å². The molecule has 0 bridgehead atoms. The van der Waals surface area contributed by atoms with Gasteiger partial charge in [0.2, 0.25) is 5.91 Å². The molecule has 1 N–H and O–H groups in total. The van der Waals surface area contributed by atoms with Crippen molar-refractivity contribution >= 4 is 23.2 Å². The molecule has 0 unspecified atom stereocenters. The van der Waals surface area contributed by atoms with Crippen LogP contribution in [0.2, 0.25) is 0 Å². The van der Waals surface area contributed by atoms with Gasteiger partial charge in [-0.05, 0) is 31.4 Å². The molecule has 1 aromatic carbocycles. The molecule has 3 rings (SSSR count). The molecular weight excluding hydrogens is 314 g/mol. The van der Waals surface area contributed by atoms with Crippen LogP contribution >= 0.6 is 0 Å². The van der Waals surface area contributed by atoms with Crippen LogP contribution in [0.5, 0.6) is 0 Å². The van der Waals surface area contributed by atoms with Gasteiger partial charge in [0, 0.05) is 24.4 Å². The standard InChI is InChI=1S/C16H19N3O5/c20-15(17-11-4-6-12(7-5-11)19(22)23)9-14-16(21)18-8-2-1-3-13(18)10-24-14/h4-7,13-14H,1-3,8-10H2,(H,17,20)/t13-,14+/m1/s1. The van der Waals surface area contributed by atoms with Gasteiger partial charge in [0.1, 0.15) is 6.10 Å². The van der Waals surface area contributed by atoms with E-state index in [4.69, 9.17) is 4.74 Å². The Morgan fingerprint density at radius 2 is 2.08 bits per heavy atom. The molecule has 2 atom stereocenters. The van der Waals surface area contributed by atoms with E-state index in [-0.39, 0.29) is 30.0 Å². The number of piperidine rings is 1. The quantitative estimate of drug-likeness (QED) is 0.667. The van der Waals surface area contributed by atoms with E-state index in [9.17, 15) is 19.7 Å². The first kappa shape index (κ1) is 16.4. The summed E-state index contributed by atoms with van der Waals surface area (Å²) in [6, 6.07) is 5.69. The van der Waals surface area contributed by atoms with Crippen LogP contribution < -0.4 is 5.32 Å². The first-order chi connectivity index (χ1) is 11.5. The van der Waals surface area contributed by atoms with Crippen LogP contribution in [0.1, 0.15) is 25.7 Å². The molecule has 2 aliphatic rings. The number of carbonyl (C=O) groups is 2. The molecule has 0 radical (unpaired) electrons. The molecule has 0 aromatic heterocycles. The van der Waals surface area contributed by atoms with Crippen molar-refractivity contribution in [3.05, 3.63) is 34.4 Å². The van der Waals surface area contributed by atoms with Gasteiger partial charge in [-0.15, -0.1) is 0 Å². The molecular formula is C16H19N3O5. The van der Waals surface area contributed by atoms with Gasteiger partial charge in [-0.3, -0.25) is 19.7 Å². The van der Waals surface area contributed by atoms with Crippen molar-refractivity contribution in [3.8, 4) is 0 Å². The number of nitro benzene ring substituents is 1. The molecule has 8 nitrogen and oxygen atoms in total. The lowest BCUT2D eigenvalue weighted by Gasteiger charge is -2.41. The molecule has 2 heterocycles. The predicted molar refractivity (Wildman–Crippen MR) is 85.4 cm³/mol. The number of ether oxygens (including phenoxy) is 1. The molecule has 128 valence electrons. The fourth-order valence-corrected chi connectivity index (χ4v) is 3.14. The number of nitro groups is 1. The summed E-state index contributed by atoms with van der Waals surface area (Å²) < 4.78 is 5.58. The van der Waals surface area contributed by atoms with E-state index in [1.807, 2.05) is 4.90 Å². The summed E-state index contributed by atoms with van der Waals surface area (Å²) in [5, 5.41) is 13.2. The number of benzene rings is 1. The molecule has 2 aliphatic heterocycles. The van der Waals surface area contributed by atoms with Crippen molar-refractivity contribution in [3.63, 3.8) is 0 Å². The number of non-ortho nitro benzene ring substituents is 1. The summed E-state index contributed by atoms with van der Waals surface area (Å²) in [5.74, 6) is -0.470. The lowest BCUT2D eigenvalue weighted by molar-refractivity contribution is -0.384. The van der Waals surface area contributed by atoms with Gasteiger partial charge in [0.15, 0.2) is 0 Å². The van der Waals surface area contributed by atoms with E-state index in [0.717, 1.165) is 25.8 Å². The Bertz CT molecular complexity index is 646. The van der Waals surface area contributed by atoms with E-state index < -0.39 is 11.0 Å². The monoisotopic (exact) mass is 333 g/mol. The molecule has 1 aromatic rings. The molecule has 2 saturated heterocycles. The summed E-state index contributed by atoms with van der Waals surface area (Å²) in [6.07, 6.45) is 2.23. The largest absolute Gasteiger partial charge is 0.366 e. The van der Waals surface area contributed by atoms with Crippen LogP contribution in [-0.4, -0.2) is 46.9 Å². The number of anilines is 1. The Hall–Kier alpha value is -2.48. The Morgan fingerprint density at radius 1 is 1.33 bits per heavy atom. The topological polar surface area (TPSA) is 102 Å². The van der Waals surface area contributed by atoms with E-state index in [1.54, 1.807) is 0 Å². The summed E-state index contributed by atoms with van der Waals surface area (Å²) >= 11 is 0. The molecule has 2 amide bonds. The average Bonchev–Trinajstić information content (AvgIpc) is 2.58. The molecule has 8 heteroatoms. The van der Waals surface area contributed by atoms with E-state index >= 15 is 0 Å². The summed E-state index contributed by atoms with van der Waals surface area (Å²) in [7, 11) is 0. The Balaban J connectivity index is 1.56. The van der Waals surface area contributed by atoms with Crippen molar-refractivity contribution in [2.75, 3.05) is 18.5 Å². The zero-order valence-corrected chi connectivity index (χ0v) is 13.1. The van der Waals surface area contributed by atoms with Crippen LogP contribution in [0.3, 0.4) is 0 Å². The number of hydrogen-bond acceptors (Lipinski definition) is 5. The smallest absolute Gasteiger partial charge is 0.269 e. The maximum absolute atomic E-state index is 12.4. The zero-order chi connectivity index (χ0) is 17.1. The maximum atomic E-state index is 12.4. The van der Waals surface area contributed by atoms with Crippen LogP contribution in [0.25, 0.3) is 0 Å². The van der Waals surface area contributed by atoms with E-state index in [1.165, 1.54) is 24.3 Å². The van der Waals surface area contributed by atoms with Gasteiger partial charge < -0.3 is 15.0 Å². The summed E-state index contributed by atoms with van der Waals surface area (Å²) in [6.45, 7) is 1.20. The second kappa shape index (κ2) is 6.96. The summed E-state index contributed by atoms with van der Waals surface area (Å²) in [5.41, 5.74) is 0.402. The highest BCUT2D eigenvalue weighted by molar-refractivity contribution is 5.95. The van der Waals surface area contributed by atoms with Gasteiger partial charge >= 0.3 is 0 Å². The third kappa shape index (κ3) is 3.53. The van der Waals surface area contributed by atoms with Gasteiger partial charge in [-0.25, -0.2) is 0 Å². The lowest BCUT2D eigenvalue weighted by atomic mass is 9.99. The van der Waals surface area contributed by atoms with Crippen molar-refractivity contribution in [1.29, 1.82) is 0 Å². The number of hydrogen-bond donors (Lipinski definition) is 1. The molecule has 24 heavy (non-hydrogen) atoms. The molecule has 0 spiro atoms. The van der Waals surface area contributed by atoms with Crippen LogP contribution in [0.4, 0.5) is 11.4 Å². The number of rotatable bonds is 4.